The van der Waals surface area contributed by atoms with Crippen LogP contribution in [-0.2, 0) is 13.2 Å². The third kappa shape index (κ3) is 3.52. The Morgan fingerprint density at radius 2 is 1.65 bits per heavy atom. The minimum atomic E-state index is -0.285. The van der Waals surface area contributed by atoms with Gasteiger partial charge in [-0.05, 0) is 29.8 Å². The van der Waals surface area contributed by atoms with Gasteiger partial charge in [0, 0.05) is 32.7 Å². The van der Waals surface area contributed by atoms with Crippen molar-refractivity contribution in [3.05, 3.63) is 64.6 Å². The maximum absolute atomic E-state index is 12.1. The summed E-state index contributed by atoms with van der Waals surface area (Å²) in [6.07, 6.45) is 0. The molecular formula is C20H23N3O3. The Morgan fingerprint density at radius 1 is 0.962 bits per heavy atom. The first-order valence-corrected chi connectivity index (χ1v) is 8.89. The predicted molar refractivity (Wildman–Crippen MR) is 100 cm³/mol. The molecule has 1 aromatic heterocycles. The number of hydrogen-bond donors (Lipinski definition) is 0. The molecule has 0 atom stereocenters. The van der Waals surface area contributed by atoms with Crippen molar-refractivity contribution < 1.29 is 9.15 Å². The van der Waals surface area contributed by atoms with E-state index >= 15 is 0 Å². The highest BCUT2D eigenvalue weighted by molar-refractivity contribution is 5.72. The Labute approximate surface area is 152 Å². The molecule has 26 heavy (non-hydrogen) atoms. The van der Waals surface area contributed by atoms with Gasteiger partial charge in [-0.1, -0.05) is 24.3 Å². The van der Waals surface area contributed by atoms with Crippen LogP contribution in [0.4, 0.5) is 0 Å². The van der Waals surface area contributed by atoms with Gasteiger partial charge in [-0.15, -0.1) is 0 Å². The van der Waals surface area contributed by atoms with Crippen molar-refractivity contribution in [1.82, 2.24) is 14.4 Å². The number of benzene rings is 2. The molecular weight excluding hydrogens is 330 g/mol. The van der Waals surface area contributed by atoms with E-state index in [4.69, 9.17) is 9.15 Å². The summed E-state index contributed by atoms with van der Waals surface area (Å²) < 4.78 is 12.2. The normalized spacial score (nSPS) is 16.2. The van der Waals surface area contributed by atoms with Crippen LogP contribution in [0, 0.1) is 0 Å². The Hall–Kier alpha value is -2.57. The van der Waals surface area contributed by atoms with Crippen LogP contribution in [-0.4, -0.2) is 47.7 Å². The molecule has 6 nitrogen and oxygen atoms in total. The molecule has 0 aliphatic carbocycles. The largest absolute Gasteiger partial charge is 0.497 e. The second-order valence-electron chi connectivity index (χ2n) is 6.65. The quantitative estimate of drug-likeness (QED) is 0.705. The van der Waals surface area contributed by atoms with Crippen molar-refractivity contribution >= 4 is 11.1 Å². The highest BCUT2D eigenvalue weighted by atomic mass is 16.5. The Morgan fingerprint density at radius 3 is 2.38 bits per heavy atom. The Kier molecular flexibility index (Phi) is 4.77. The smallest absolute Gasteiger partial charge is 0.421 e. The van der Waals surface area contributed by atoms with Crippen LogP contribution >= 0.6 is 0 Å². The molecule has 6 heteroatoms. The van der Waals surface area contributed by atoms with E-state index < -0.39 is 0 Å². The van der Waals surface area contributed by atoms with E-state index in [1.165, 1.54) is 5.56 Å². The van der Waals surface area contributed by atoms with Crippen LogP contribution in [0.2, 0.25) is 0 Å². The molecule has 2 heterocycles. The van der Waals surface area contributed by atoms with Gasteiger partial charge in [-0.3, -0.25) is 14.4 Å². The van der Waals surface area contributed by atoms with Crippen molar-refractivity contribution in [2.75, 3.05) is 33.3 Å². The average Bonchev–Trinajstić information content (AvgIpc) is 2.99. The van der Waals surface area contributed by atoms with Gasteiger partial charge >= 0.3 is 5.76 Å². The number of oxazole rings is 1. The molecule has 2 aromatic carbocycles. The molecule has 0 amide bonds. The number of nitrogens with zero attached hydrogens (tertiary/aromatic N) is 3. The van der Waals surface area contributed by atoms with Crippen molar-refractivity contribution in [2.24, 2.45) is 0 Å². The summed E-state index contributed by atoms with van der Waals surface area (Å²) in [5.74, 6) is 0.600. The third-order valence-electron chi connectivity index (χ3n) is 4.95. The van der Waals surface area contributed by atoms with Crippen LogP contribution in [0.1, 0.15) is 5.56 Å². The minimum Gasteiger partial charge on any atom is -0.497 e. The van der Waals surface area contributed by atoms with E-state index in [0.717, 1.165) is 44.0 Å². The molecule has 0 spiro atoms. The molecule has 1 aliphatic heterocycles. The zero-order chi connectivity index (χ0) is 17.9. The molecule has 0 N–H and O–H groups in total. The van der Waals surface area contributed by atoms with E-state index in [0.29, 0.717) is 12.3 Å². The number of ether oxygens (including phenoxy) is 1. The number of methoxy groups -OCH3 is 1. The van der Waals surface area contributed by atoms with Gasteiger partial charge in [0.15, 0.2) is 5.58 Å². The van der Waals surface area contributed by atoms with Crippen LogP contribution in [0.3, 0.4) is 0 Å². The summed E-state index contributed by atoms with van der Waals surface area (Å²) in [6, 6.07) is 15.8. The van der Waals surface area contributed by atoms with Crippen LogP contribution in [0.5, 0.6) is 5.75 Å². The maximum Gasteiger partial charge on any atom is 0.421 e. The highest BCUT2D eigenvalue weighted by Gasteiger charge is 2.19. The highest BCUT2D eigenvalue weighted by Crippen LogP contribution is 2.16. The van der Waals surface area contributed by atoms with Crippen LogP contribution in [0.25, 0.3) is 11.1 Å². The van der Waals surface area contributed by atoms with E-state index in [1.807, 2.05) is 36.4 Å². The second-order valence-corrected chi connectivity index (χ2v) is 6.65. The zero-order valence-corrected chi connectivity index (χ0v) is 14.9. The topological polar surface area (TPSA) is 50.9 Å². The second kappa shape index (κ2) is 7.35. The van der Waals surface area contributed by atoms with Crippen molar-refractivity contribution in [3.63, 3.8) is 0 Å². The number of piperazine rings is 1. The lowest BCUT2D eigenvalue weighted by atomic mass is 10.2. The van der Waals surface area contributed by atoms with E-state index in [9.17, 15) is 4.79 Å². The van der Waals surface area contributed by atoms with Gasteiger partial charge in [0.1, 0.15) is 5.75 Å². The van der Waals surface area contributed by atoms with Crippen LogP contribution in [0.15, 0.2) is 57.7 Å². The Balaban J connectivity index is 1.36. The first kappa shape index (κ1) is 16.9. The molecule has 0 radical (unpaired) electrons. The first-order valence-electron chi connectivity index (χ1n) is 8.89. The summed E-state index contributed by atoms with van der Waals surface area (Å²) in [5.41, 5.74) is 2.80. The number of fused-ring (bicyclic) bond motifs is 1. The SMILES string of the molecule is COc1ccc(CN2CCN(Cn3c(=O)oc4ccccc43)CC2)cc1. The minimum absolute atomic E-state index is 0.285. The molecule has 4 rings (SSSR count). The lowest BCUT2D eigenvalue weighted by Gasteiger charge is -2.34. The summed E-state index contributed by atoms with van der Waals surface area (Å²) >= 11 is 0. The number of hydrogen-bond acceptors (Lipinski definition) is 5. The van der Waals surface area contributed by atoms with Gasteiger partial charge in [-0.25, -0.2) is 4.79 Å². The van der Waals surface area contributed by atoms with Crippen molar-refractivity contribution in [3.8, 4) is 5.75 Å². The molecule has 136 valence electrons. The zero-order valence-electron chi connectivity index (χ0n) is 14.9. The lowest BCUT2D eigenvalue weighted by molar-refractivity contribution is 0.102. The van der Waals surface area contributed by atoms with Crippen molar-refractivity contribution in [1.29, 1.82) is 0 Å². The van der Waals surface area contributed by atoms with Gasteiger partial charge in [0.2, 0.25) is 0 Å². The molecule has 1 fully saturated rings. The standard InChI is InChI=1S/C20H23N3O3/c1-25-17-8-6-16(7-9-17)14-21-10-12-22(13-11-21)15-23-18-4-2-3-5-19(18)26-20(23)24/h2-9H,10-15H2,1H3. The van der Waals surface area contributed by atoms with Crippen LogP contribution < -0.4 is 10.5 Å². The lowest BCUT2D eigenvalue weighted by Crippen LogP contribution is -2.47. The summed E-state index contributed by atoms with van der Waals surface area (Å²) in [5, 5.41) is 0. The number of para-hydroxylation sites is 2. The Bertz CT molecular complexity index is 921. The van der Waals surface area contributed by atoms with Crippen molar-refractivity contribution in [2.45, 2.75) is 13.2 Å². The fraction of sp³-hybridized carbons (Fsp3) is 0.350. The van der Waals surface area contributed by atoms with Gasteiger partial charge < -0.3 is 9.15 Å². The molecule has 1 saturated heterocycles. The van der Waals surface area contributed by atoms with Gasteiger partial charge in [0.05, 0.1) is 19.3 Å². The fourth-order valence-corrected chi connectivity index (χ4v) is 3.43. The summed E-state index contributed by atoms with van der Waals surface area (Å²) in [6.45, 7) is 5.34. The number of aromatic nitrogens is 1. The summed E-state index contributed by atoms with van der Waals surface area (Å²) in [7, 11) is 1.68. The van der Waals surface area contributed by atoms with E-state index in [2.05, 4.69) is 21.9 Å². The summed E-state index contributed by atoms with van der Waals surface area (Å²) in [4.78, 5) is 16.9. The predicted octanol–water partition coefficient (Wildman–Crippen LogP) is 2.38. The number of rotatable bonds is 5. The molecule has 0 saturated carbocycles. The van der Waals surface area contributed by atoms with E-state index in [-0.39, 0.29) is 5.76 Å². The molecule has 1 aliphatic rings. The molecule has 0 unspecified atom stereocenters. The third-order valence-corrected chi connectivity index (χ3v) is 4.95. The monoisotopic (exact) mass is 353 g/mol. The first-order chi connectivity index (χ1) is 12.7. The van der Waals surface area contributed by atoms with E-state index in [1.54, 1.807) is 11.7 Å². The van der Waals surface area contributed by atoms with Gasteiger partial charge in [-0.2, -0.15) is 0 Å². The average molecular weight is 353 g/mol. The van der Waals surface area contributed by atoms with Gasteiger partial charge in [0.25, 0.3) is 0 Å². The molecule has 3 aromatic rings. The fourth-order valence-electron chi connectivity index (χ4n) is 3.43. The molecule has 0 bridgehead atoms. The maximum atomic E-state index is 12.1.